The molecule has 0 atom stereocenters. The molecule has 1 amide bonds. The average molecular weight is 395 g/mol. The van der Waals surface area contributed by atoms with Crippen molar-refractivity contribution in [3.8, 4) is 0 Å². The van der Waals surface area contributed by atoms with Crippen LogP contribution in [0.15, 0.2) is 48.5 Å². The molecule has 5 nitrogen and oxygen atoms in total. The van der Waals surface area contributed by atoms with Crippen LogP contribution in [0.2, 0.25) is 0 Å². The Bertz CT molecular complexity index is 836. The topological polar surface area (TPSA) is 66.8 Å². The van der Waals surface area contributed by atoms with Gasteiger partial charge in [-0.1, -0.05) is 30.3 Å². The van der Waals surface area contributed by atoms with Crippen LogP contribution >= 0.6 is 0 Å². The van der Waals surface area contributed by atoms with Gasteiger partial charge >= 0.3 is 5.97 Å². The standard InChI is InChI=1S/C24H29NO4/c1-17(2)29-16-19-7-9-20(10-8-19)23(26)25-13-11-18(12-14-25)15-21-5-3-4-6-22(21)24(27)28/h3-10,17-18H,11-16H2,1-2H3,(H,27,28). The van der Waals surface area contributed by atoms with E-state index < -0.39 is 5.97 Å². The van der Waals surface area contributed by atoms with Gasteiger partial charge in [-0.05, 0) is 68.4 Å². The predicted octanol–water partition coefficient (Wildman–Crippen LogP) is 4.40. The lowest BCUT2D eigenvalue weighted by molar-refractivity contribution is 0.0653. The maximum atomic E-state index is 12.8. The van der Waals surface area contributed by atoms with Crippen LogP contribution in [0.1, 0.15) is 58.5 Å². The molecular weight excluding hydrogens is 366 g/mol. The van der Waals surface area contributed by atoms with Gasteiger partial charge in [0.25, 0.3) is 5.91 Å². The molecule has 1 aliphatic heterocycles. The fraction of sp³-hybridized carbons (Fsp3) is 0.417. The minimum absolute atomic E-state index is 0.0608. The molecule has 0 aromatic heterocycles. The summed E-state index contributed by atoms with van der Waals surface area (Å²) in [5.41, 5.74) is 3.02. The normalized spacial score (nSPS) is 14.9. The second-order valence-corrected chi connectivity index (χ2v) is 7.96. The van der Waals surface area contributed by atoms with Crippen LogP contribution in [-0.2, 0) is 17.8 Å². The molecule has 1 fully saturated rings. The van der Waals surface area contributed by atoms with E-state index >= 15 is 0 Å². The number of hydrogen-bond acceptors (Lipinski definition) is 3. The van der Waals surface area contributed by atoms with Crippen molar-refractivity contribution in [3.05, 3.63) is 70.8 Å². The molecule has 0 unspecified atom stereocenters. The lowest BCUT2D eigenvalue weighted by atomic mass is 9.88. The van der Waals surface area contributed by atoms with Crippen molar-refractivity contribution in [1.82, 2.24) is 4.90 Å². The first-order chi connectivity index (χ1) is 13.9. The number of rotatable bonds is 7. The van der Waals surface area contributed by atoms with E-state index in [1.807, 2.05) is 55.1 Å². The SMILES string of the molecule is CC(C)OCc1ccc(C(=O)N2CCC(Cc3ccccc3C(=O)O)CC2)cc1. The highest BCUT2D eigenvalue weighted by Gasteiger charge is 2.24. The Labute approximate surface area is 172 Å². The van der Waals surface area contributed by atoms with E-state index in [1.165, 1.54) is 0 Å². The summed E-state index contributed by atoms with van der Waals surface area (Å²) in [5.74, 6) is -0.420. The van der Waals surface area contributed by atoms with Crippen molar-refractivity contribution in [2.24, 2.45) is 5.92 Å². The number of hydrogen-bond donors (Lipinski definition) is 1. The smallest absolute Gasteiger partial charge is 0.335 e. The summed E-state index contributed by atoms with van der Waals surface area (Å²) in [6.45, 7) is 5.97. The summed E-state index contributed by atoms with van der Waals surface area (Å²) >= 11 is 0. The summed E-state index contributed by atoms with van der Waals surface area (Å²) < 4.78 is 5.60. The zero-order valence-corrected chi connectivity index (χ0v) is 17.1. The van der Waals surface area contributed by atoms with Gasteiger partial charge < -0.3 is 14.7 Å². The van der Waals surface area contributed by atoms with Crippen LogP contribution in [0.25, 0.3) is 0 Å². The van der Waals surface area contributed by atoms with Gasteiger partial charge in [0, 0.05) is 18.7 Å². The Hall–Kier alpha value is -2.66. The number of amides is 1. The van der Waals surface area contributed by atoms with Crippen LogP contribution in [-0.4, -0.2) is 41.1 Å². The second kappa shape index (κ2) is 9.70. The van der Waals surface area contributed by atoms with Crippen LogP contribution < -0.4 is 0 Å². The molecule has 2 aromatic carbocycles. The number of aromatic carboxylic acids is 1. The number of nitrogens with zero attached hydrogens (tertiary/aromatic N) is 1. The first kappa shape index (κ1) is 21.1. The molecule has 2 aromatic rings. The highest BCUT2D eigenvalue weighted by Crippen LogP contribution is 2.24. The number of likely N-dealkylation sites (tertiary alicyclic amines) is 1. The van der Waals surface area contributed by atoms with Gasteiger partial charge in [-0.15, -0.1) is 0 Å². The Balaban J connectivity index is 1.54. The lowest BCUT2D eigenvalue weighted by Gasteiger charge is -2.32. The molecular formula is C24H29NO4. The fourth-order valence-electron chi connectivity index (χ4n) is 3.75. The van der Waals surface area contributed by atoms with Gasteiger partial charge in [0.05, 0.1) is 18.3 Å². The molecule has 0 radical (unpaired) electrons. The number of ether oxygens (including phenoxy) is 1. The molecule has 0 bridgehead atoms. The molecule has 3 rings (SSSR count). The zero-order chi connectivity index (χ0) is 20.8. The molecule has 1 saturated heterocycles. The second-order valence-electron chi connectivity index (χ2n) is 7.96. The third-order valence-electron chi connectivity index (χ3n) is 5.44. The summed E-state index contributed by atoms with van der Waals surface area (Å²) in [6, 6.07) is 14.8. The number of carbonyl (C=O) groups is 2. The molecule has 5 heteroatoms. The van der Waals surface area contributed by atoms with Crippen molar-refractivity contribution in [2.45, 2.75) is 45.8 Å². The van der Waals surface area contributed by atoms with Gasteiger partial charge in [-0.25, -0.2) is 4.79 Å². The minimum atomic E-state index is -0.879. The molecule has 0 spiro atoms. The van der Waals surface area contributed by atoms with Crippen LogP contribution in [0.5, 0.6) is 0 Å². The third kappa shape index (κ3) is 5.67. The highest BCUT2D eigenvalue weighted by atomic mass is 16.5. The van der Waals surface area contributed by atoms with Gasteiger partial charge in [0.2, 0.25) is 0 Å². The van der Waals surface area contributed by atoms with Crippen LogP contribution in [0.4, 0.5) is 0 Å². The molecule has 1 aliphatic rings. The van der Waals surface area contributed by atoms with E-state index in [0.29, 0.717) is 36.7 Å². The Morgan fingerprint density at radius 3 is 2.34 bits per heavy atom. The fourth-order valence-corrected chi connectivity index (χ4v) is 3.75. The summed E-state index contributed by atoms with van der Waals surface area (Å²) in [5, 5.41) is 9.36. The van der Waals surface area contributed by atoms with Crippen molar-refractivity contribution in [1.29, 1.82) is 0 Å². The van der Waals surface area contributed by atoms with E-state index in [0.717, 1.165) is 30.4 Å². The molecule has 0 saturated carbocycles. The molecule has 1 N–H and O–H groups in total. The van der Waals surface area contributed by atoms with Crippen LogP contribution in [0.3, 0.4) is 0 Å². The van der Waals surface area contributed by atoms with E-state index in [-0.39, 0.29) is 12.0 Å². The highest BCUT2D eigenvalue weighted by molar-refractivity contribution is 5.94. The molecule has 0 aliphatic carbocycles. The van der Waals surface area contributed by atoms with Gasteiger partial charge in [0.1, 0.15) is 0 Å². The predicted molar refractivity (Wildman–Crippen MR) is 112 cm³/mol. The number of carboxylic acids is 1. The largest absolute Gasteiger partial charge is 0.478 e. The molecule has 154 valence electrons. The minimum Gasteiger partial charge on any atom is -0.478 e. The van der Waals surface area contributed by atoms with E-state index in [4.69, 9.17) is 4.74 Å². The van der Waals surface area contributed by atoms with Crippen molar-refractivity contribution < 1.29 is 19.4 Å². The maximum absolute atomic E-state index is 12.8. The number of benzene rings is 2. The van der Waals surface area contributed by atoms with Crippen LogP contribution in [0, 0.1) is 5.92 Å². The Morgan fingerprint density at radius 2 is 1.72 bits per heavy atom. The van der Waals surface area contributed by atoms with E-state index in [2.05, 4.69) is 0 Å². The summed E-state index contributed by atoms with van der Waals surface area (Å²) in [6.07, 6.45) is 2.70. The molecule has 29 heavy (non-hydrogen) atoms. The maximum Gasteiger partial charge on any atom is 0.335 e. The average Bonchev–Trinajstić information content (AvgIpc) is 2.73. The monoisotopic (exact) mass is 395 g/mol. The van der Waals surface area contributed by atoms with E-state index in [9.17, 15) is 14.7 Å². The van der Waals surface area contributed by atoms with Crippen molar-refractivity contribution in [3.63, 3.8) is 0 Å². The van der Waals surface area contributed by atoms with Gasteiger partial charge in [-0.2, -0.15) is 0 Å². The van der Waals surface area contributed by atoms with Gasteiger partial charge in [-0.3, -0.25) is 4.79 Å². The molecule has 1 heterocycles. The quantitative estimate of drug-likeness (QED) is 0.754. The first-order valence-electron chi connectivity index (χ1n) is 10.2. The van der Waals surface area contributed by atoms with Crippen molar-refractivity contribution >= 4 is 11.9 Å². The summed E-state index contributed by atoms with van der Waals surface area (Å²) in [7, 11) is 0. The number of carboxylic acid groups (broad SMARTS) is 1. The number of carbonyl (C=O) groups excluding carboxylic acids is 1. The van der Waals surface area contributed by atoms with Crippen molar-refractivity contribution in [2.75, 3.05) is 13.1 Å². The number of piperidine rings is 1. The third-order valence-corrected chi connectivity index (χ3v) is 5.44. The summed E-state index contributed by atoms with van der Waals surface area (Å²) in [4.78, 5) is 26.1. The lowest BCUT2D eigenvalue weighted by Crippen LogP contribution is -2.39. The first-order valence-corrected chi connectivity index (χ1v) is 10.2. The Kier molecular flexibility index (Phi) is 7.04. The zero-order valence-electron chi connectivity index (χ0n) is 17.1. The van der Waals surface area contributed by atoms with Gasteiger partial charge in [0.15, 0.2) is 0 Å². The Morgan fingerprint density at radius 1 is 1.07 bits per heavy atom. The van der Waals surface area contributed by atoms with E-state index in [1.54, 1.807) is 12.1 Å².